The number of carbonyl (C=O) groups excluding carboxylic acids is 1. The molecule has 3 heterocycles. The second-order valence-electron chi connectivity index (χ2n) is 6.59. The summed E-state index contributed by atoms with van der Waals surface area (Å²) in [5.74, 6) is 0.520. The lowest BCUT2D eigenvalue weighted by molar-refractivity contribution is 0.0712. The molecule has 0 saturated carbocycles. The fourth-order valence-electron chi connectivity index (χ4n) is 3.20. The van der Waals surface area contributed by atoms with Gasteiger partial charge in [-0.15, -0.1) is 0 Å². The normalized spacial score (nSPS) is 15.4. The standard InChI is InChI=1S/C19H24N4O/c1-14-12-17(22(2)3)13-18(21-14)15-6-10-23(11-7-15)19(24)16-4-8-20-9-5-16/h4-5,8-9,12-13,15H,6-7,10-11H2,1-3H3. The maximum absolute atomic E-state index is 12.5. The first-order chi connectivity index (χ1) is 11.5. The molecule has 1 saturated heterocycles. The molecule has 0 unspecified atom stereocenters. The summed E-state index contributed by atoms with van der Waals surface area (Å²) in [7, 11) is 4.10. The van der Waals surface area contributed by atoms with Gasteiger partial charge in [-0.3, -0.25) is 14.8 Å². The Kier molecular flexibility index (Phi) is 4.79. The second-order valence-corrected chi connectivity index (χ2v) is 6.59. The molecule has 5 nitrogen and oxygen atoms in total. The maximum atomic E-state index is 12.5. The van der Waals surface area contributed by atoms with Gasteiger partial charge in [-0.25, -0.2) is 0 Å². The van der Waals surface area contributed by atoms with Crippen LogP contribution in [-0.2, 0) is 0 Å². The Hall–Kier alpha value is -2.43. The Balaban J connectivity index is 1.68. The maximum Gasteiger partial charge on any atom is 0.253 e. The van der Waals surface area contributed by atoms with Crippen molar-refractivity contribution in [3.63, 3.8) is 0 Å². The van der Waals surface area contributed by atoms with E-state index in [2.05, 4.69) is 36.1 Å². The van der Waals surface area contributed by atoms with Crippen molar-refractivity contribution >= 4 is 11.6 Å². The summed E-state index contributed by atoms with van der Waals surface area (Å²) < 4.78 is 0. The van der Waals surface area contributed by atoms with Gasteiger partial charge in [-0.1, -0.05) is 0 Å². The highest BCUT2D eigenvalue weighted by Crippen LogP contribution is 2.29. The molecule has 0 N–H and O–H groups in total. The Bertz CT molecular complexity index is 707. The third-order valence-electron chi connectivity index (χ3n) is 4.60. The van der Waals surface area contributed by atoms with Crippen LogP contribution in [-0.4, -0.2) is 48.0 Å². The van der Waals surface area contributed by atoms with Crippen molar-refractivity contribution in [3.8, 4) is 0 Å². The van der Waals surface area contributed by atoms with Crippen LogP contribution in [0.2, 0.25) is 0 Å². The van der Waals surface area contributed by atoms with E-state index < -0.39 is 0 Å². The highest BCUT2D eigenvalue weighted by atomic mass is 16.2. The first-order valence-electron chi connectivity index (χ1n) is 8.40. The lowest BCUT2D eigenvalue weighted by atomic mass is 9.92. The molecule has 5 heteroatoms. The number of likely N-dealkylation sites (tertiary alicyclic amines) is 1. The molecule has 0 atom stereocenters. The molecular formula is C19H24N4O. The van der Waals surface area contributed by atoms with Crippen molar-refractivity contribution in [1.82, 2.24) is 14.9 Å². The molecule has 126 valence electrons. The minimum absolute atomic E-state index is 0.0991. The molecule has 0 spiro atoms. The average molecular weight is 324 g/mol. The van der Waals surface area contributed by atoms with Crippen LogP contribution in [0.3, 0.4) is 0 Å². The minimum atomic E-state index is 0.0991. The van der Waals surface area contributed by atoms with E-state index in [4.69, 9.17) is 4.98 Å². The second kappa shape index (κ2) is 6.99. The third-order valence-corrected chi connectivity index (χ3v) is 4.60. The fraction of sp³-hybridized carbons (Fsp3) is 0.421. The van der Waals surface area contributed by atoms with Crippen LogP contribution in [0.15, 0.2) is 36.7 Å². The van der Waals surface area contributed by atoms with Gasteiger partial charge in [0.2, 0.25) is 0 Å². The van der Waals surface area contributed by atoms with Gasteiger partial charge in [-0.2, -0.15) is 0 Å². The lowest BCUT2D eigenvalue weighted by Crippen LogP contribution is -2.38. The molecule has 1 amide bonds. The molecule has 0 aromatic carbocycles. The highest BCUT2D eigenvalue weighted by Gasteiger charge is 2.25. The van der Waals surface area contributed by atoms with Gasteiger partial charge >= 0.3 is 0 Å². The van der Waals surface area contributed by atoms with E-state index in [1.807, 2.05) is 11.8 Å². The zero-order valence-electron chi connectivity index (χ0n) is 14.6. The molecule has 1 aliphatic rings. The summed E-state index contributed by atoms with van der Waals surface area (Å²) >= 11 is 0. The number of nitrogens with zero attached hydrogens (tertiary/aromatic N) is 4. The van der Waals surface area contributed by atoms with E-state index in [9.17, 15) is 4.79 Å². The Morgan fingerprint density at radius 3 is 2.46 bits per heavy atom. The topological polar surface area (TPSA) is 49.3 Å². The highest BCUT2D eigenvalue weighted by molar-refractivity contribution is 5.94. The number of amides is 1. The molecule has 0 aliphatic carbocycles. The van der Waals surface area contributed by atoms with Gasteiger partial charge < -0.3 is 9.80 Å². The number of rotatable bonds is 3. The Morgan fingerprint density at radius 1 is 1.17 bits per heavy atom. The molecule has 24 heavy (non-hydrogen) atoms. The monoisotopic (exact) mass is 324 g/mol. The van der Waals surface area contributed by atoms with Crippen molar-refractivity contribution in [2.75, 3.05) is 32.1 Å². The molecule has 0 radical (unpaired) electrons. The van der Waals surface area contributed by atoms with Crippen LogP contribution in [0.1, 0.15) is 40.5 Å². The number of hydrogen-bond acceptors (Lipinski definition) is 4. The van der Waals surface area contributed by atoms with E-state index in [0.29, 0.717) is 11.5 Å². The van der Waals surface area contributed by atoms with Crippen molar-refractivity contribution in [2.24, 2.45) is 0 Å². The summed E-state index contributed by atoms with van der Waals surface area (Å²) in [6, 6.07) is 7.84. The number of aromatic nitrogens is 2. The Morgan fingerprint density at radius 2 is 1.83 bits per heavy atom. The summed E-state index contributed by atoms with van der Waals surface area (Å²) in [5, 5.41) is 0. The number of aryl methyl sites for hydroxylation is 1. The van der Waals surface area contributed by atoms with E-state index >= 15 is 0 Å². The van der Waals surface area contributed by atoms with Gasteiger partial charge in [0.25, 0.3) is 5.91 Å². The van der Waals surface area contributed by atoms with Crippen molar-refractivity contribution in [1.29, 1.82) is 0 Å². The van der Waals surface area contributed by atoms with Crippen molar-refractivity contribution in [3.05, 3.63) is 53.6 Å². The van der Waals surface area contributed by atoms with Crippen LogP contribution >= 0.6 is 0 Å². The number of hydrogen-bond donors (Lipinski definition) is 0. The van der Waals surface area contributed by atoms with Crippen LogP contribution < -0.4 is 4.90 Å². The zero-order valence-corrected chi connectivity index (χ0v) is 14.6. The average Bonchev–Trinajstić information content (AvgIpc) is 2.61. The quantitative estimate of drug-likeness (QED) is 0.871. The number of piperidine rings is 1. The van der Waals surface area contributed by atoms with Crippen LogP contribution in [0, 0.1) is 6.92 Å². The van der Waals surface area contributed by atoms with Gasteiger partial charge in [-0.05, 0) is 44.0 Å². The van der Waals surface area contributed by atoms with E-state index in [1.54, 1.807) is 24.5 Å². The van der Waals surface area contributed by atoms with Crippen molar-refractivity contribution < 1.29 is 4.79 Å². The van der Waals surface area contributed by atoms with Crippen LogP contribution in [0.5, 0.6) is 0 Å². The summed E-state index contributed by atoms with van der Waals surface area (Å²) in [4.78, 5) is 25.3. The van der Waals surface area contributed by atoms with E-state index in [1.165, 1.54) is 5.69 Å². The molecule has 0 bridgehead atoms. The van der Waals surface area contributed by atoms with Crippen LogP contribution in [0.4, 0.5) is 5.69 Å². The Labute approximate surface area is 143 Å². The molecule has 1 aliphatic heterocycles. The lowest BCUT2D eigenvalue weighted by Gasteiger charge is -2.32. The van der Waals surface area contributed by atoms with Gasteiger partial charge in [0.05, 0.1) is 0 Å². The number of pyridine rings is 2. The molecule has 3 rings (SSSR count). The van der Waals surface area contributed by atoms with Gasteiger partial charge in [0.1, 0.15) is 0 Å². The van der Waals surface area contributed by atoms with E-state index in [-0.39, 0.29) is 5.91 Å². The number of anilines is 1. The predicted molar refractivity (Wildman–Crippen MR) is 95.4 cm³/mol. The SMILES string of the molecule is Cc1cc(N(C)C)cc(C2CCN(C(=O)c3ccncc3)CC2)n1. The predicted octanol–water partition coefficient (Wildman–Crippen LogP) is 2.87. The summed E-state index contributed by atoms with van der Waals surface area (Å²) in [6.45, 7) is 3.59. The smallest absolute Gasteiger partial charge is 0.253 e. The zero-order chi connectivity index (χ0) is 17.1. The minimum Gasteiger partial charge on any atom is -0.378 e. The number of carbonyl (C=O) groups is 1. The third kappa shape index (κ3) is 3.55. The van der Waals surface area contributed by atoms with Gasteiger partial charge in [0.15, 0.2) is 0 Å². The van der Waals surface area contributed by atoms with Crippen LogP contribution in [0.25, 0.3) is 0 Å². The summed E-state index contributed by atoms with van der Waals surface area (Å²) in [6.07, 6.45) is 5.25. The fourth-order valence-corrected chi connectivity index (χ4v) is 3.20. The molecule has 2 aromatic heterocycles. The summed E-state index contributed by atoms with van der Waals surface area (Å²) in [5.41, 5.74) is 4.10. The first-order valence-corrected chi connectivity index (χ1v) is 8.40. The molecule has 1 fully saturated rings. The first kappa shape index (κ1) is 16.4. The molecular weight excluding hydrogens is 300 g/mol. The van der Waals surface area contributed by atoms with E-state index in [0.717, 1.165) is 37.3 Å². The largest absolute Gasteiger partial charge is 0.378 e. The van der Waals surface area contributed by atoms with Gasteiger partial charge in [0, 0.05) is 68.1 Å². The molecule has 2 aromatic rings. The van der Waals surface area contributed by atoms with Crippen molar-refractivity contribution in [2.45, 2.75) is 25.7 Å².